The molecule has 1 N–H and O–H groups in total. The highest BCUT2D eigenvalue weighted by Gasteiger charge is 2.29. The molecule has 0 saturated heterocycles. The van der Waals surface area contributed by atoms with Crippen LogP contribution in [0.3, 0.4) is 0 Å². The quantitative estimate of drug-likeness (QED) is 0.780. The summed E-state index contributed by atoms with van der Waals surface area (Å²) >= 11 is 0. The molecule has 1 saturated carbocycles. The molecule has 7 nitrogen and oxygen atoms in total. The topological polar surface area (TPSA) is 95.0 Å². The maximum Gasteiger partial charge on any atom is 0.305 e. The summed E-state index contributed by atoms with van der Waals surface area (Å²) in [6, 6.07) is 5.85. The second-order valence-electron chi connectivity index (χ2n) is 6.71. The van der Waals surface area contributed by atoms with Gasteiger partial charge in [0.1, 0.15) is 0 Å². The van der Waals surface area contributed by atoms with Crippen molar-refractivity contribution in [2.75, 3.05) is 20.6 Å². The minimum Gasteiger partial charge on any atom is -0.481 e. The van der Waals surface area contributed by atoms with E-state index in [4.69, 9.17) is 5.11 Å². The first-order valence-corrected chi connectivity index (χ1v) is 10.2. The number of hydrogen-bond acceptors (Lipinski definition) is 4. The van der Waals surface area contributed by atoms with Crippen LogP contribution >= 0.6 is 0 Å². The third kappa shape index (κ3) is 4.82. The van der Waals surface area contributed by atoms with Gasteiger partial charge in [0.25, 0.3) is 5.91 Å². The van der Waals surface area contributed by atoms with Crippen LogP contribution in [0.2, 0.25) is 0 Å². The lowest BCUT2D eigenvalue weighted by Crippen LogP contribution is -2.38. The van der Waals surface area contributed by atoms with E-state index in [9.17, 15) is 18.0 Å². The van der Waals surface area contributed by atoms with Crippen LogP contribution in [0.1, 0.15) is 48.9 Å². The summed E-state index contributed by atoms with van der Waals surface area (Å²) in [4.78, 5) is 24.3. The molecular weight excluding hydrogens is 356 g/mol. The van der Waals surface area contributed by atoms with Crippen LogP contribution in [-0.2, 0) is 14.8 Å². The van der Waals surface area contributed by atoms with Crippen molar-refractivity contribution in [1.82, 2.24) is 9.21 Å². The van der Waals surface area contributed by atoms with Crippen molar-refractivity contribution in [3.8, 4) is 0 Å². The molecule has 144 valence electrons. The smallest absolute Gasteiger partial charge is 0.305 e. The fourth-order valence-corrected chi connectivity index (χ4v) is 4.58. The van der Waals surface area contributed by atoms with E-state index in [1.54, 1.807) is 7.05 Å². The number of hydrogen-bond donors (Lipinski definition) is 1. The van der Waals surface area contributed by atoms with Gasteiger partial charge in [-0.2, -0.15) is 4.31 Å². The summed E-state index contributed by atoms with van der Waals surface area (Å²) in [6.07, 6.45) is 4.85. The zero-order valence-electron chi connectivity index (χ0n) is 15.2. The number of carboxylic acids is 1. The fourth-order valence-electron chi connectivity index (χ4n) is 3.16. The number of nitrogens with zero attached hydrogens (tertiary/aromatic N) is 2. The van der Waals surface area contributed by atoms with E-state index in [0.717, 1.165) is 32.1 Å². The van der Waals surface area contributed by atoms with Crippen LogP contribution in [-0.4, -0.2) is 61.3 Å². The van der Waals surface area contributed by atoms with Crippen molar-refractivity contribution in [1.29, 1.82) is 0 Å². The van der Waals surface area contributed by atoms with Gasteiger partial charge in [-0.15, -0.1) is 0 Å². The first-order chi connectivity index (χ1) is 12.2. The molecule has 0 aliphatic heterocycles. The van der Waals surface area contributed by atoms with Gasteiger partial charge in [0.05, 0.1) is 11.3 Å². The largest absolute Gasteiger partial charge is 0.481 e. The zero-order valence-corrected chi connectivity index (χ0v) is 16.0. The Hall–Kier alpha value is -1.93. The molecule has 0 heterocycles. The second kappa shape index (κ2) is 8.64. The predicted octanol–water partition coefficient (Wildman–Crippen LogP) is 2.19. The normalized spacial score (nSPS) is 15.8. The van der Waals surface area contributed by atoms with Crippen LogP contribution in [0.25, 0.3) is 0 Å². The van der Waals surface area contributed by atoms with E-state index in [1.165, 1.54) is 40.5 Å². The van der Waals surface area contributed by atoms with Gasteiger partial charge in [-0.1, -0.05) is 19.3 Å². The lowest BCUT2D eigenvalue weighted by Gasteiger charge is -2.30. The average molecular weight is 382 g/mol. The van der Waals surface area contributed by atoms with Gasteiger partial charge in [-0.3, -0.25) is 9.59 Å². The number of carbonyl (C=O) groups is 2. The summed E-state index contributed by atoms with van der Waals surface area (Å²) in [6.45, 7) is 0.0959. The van der Waals surface area contributed by atoms with E-state index in [-0.39, 0.29) is 29.8 Å². The number of benzene rings is 1. The van der Waals surface area contributed by atoms with Crippen LogP contribution in [0, 0.1) is 0 Å². The van der Waals surface area contributed by atoms with Gasteiger partial charge < -0.3 is 10.0 Å². The highest BCUT2D eigenvalue weighted by molar-refractivity contribution is 7.89. The third-order valence-electron chi connectivity index (χ3n) is 4.87. The van der Waals surface area contributed by atoms with Crippen molar-refractivity contribution in [2.24, 2.45) is 0 Å². The minimum atomic E-state index is -3.59. The van der Waals surface area contributed by atoms with Crippen molar-refractivity contribution in [3.05, 3.63) is 29.8 Å². The molecule has 0 atom stereocenters. The Kier molecular flexibility index (Phi) is 6.77. The third-order valence-corrected chi connectivity index (χ3v) is 6.80. The number of carboxylic acid groups (broad SMARTS) is 1. The van der Waals surface area contributed by atoms with Gasteiger partial charge in [0.15, 0.2) is 0 Å². The van der Waals surface area contributed by atoms with E-state index >= 15 is 0 Å². The SMILES string of the molecule is CN(CCC(=O)O)C(=O)c1ccc(S(=O)(=O)N(C)C2CCCCC2)cc1. The standard InChI is InChI=1S/C18H26N2O5S/c1-19(13-12-17(21)22)18(23)14-8-10-16(11-9-14)26(24,25)20(2)15-6-4-3-5-7-15/h8-11,15H,3-7,12-13H2,1-2H3,(H,21,22). The van der Waals surface area contributed by atoms with Gasteiger partial charge >= 0.3 is 5.97 Å². The fraction of sp³-hybridized carbons (Fsp3) is 0.556. The Morgan fingerprint density at radius 2 is 1.65 bits per heavy atom. The molecule has 0 radical (unpaired) electrons. The van der Waals surface area contributed by atoms with Crippen molar-refractivity contribution in [2.45, 2.75) is 49.5 Å². The molecule has 0 unspecified atom stereocenters. The molecule has 0 bridgehead atoms. The number of rotatable bonds is 7. The Morgan fingerprint density at radius 3 is 2.19 bits per heavy atom. The summed E-state index contributed by atoms with van der Waals surface area (Å²) in [5, 5.41) is 8.69. The number of sulfonamides is 1. The summed E-state index contributed by atoms with van der Waals surface area (Å²) in [7, 11) is -0.456. The van der Waals surface area contributed by atoms with Gasteiger partial charge in [0, 0.05) is 32.2 Å². The van der Waals surface area contributed by atoms with Gasteiger partial charge in [-0.25, -0.2) is 8.42 Å². The lowest BCUT2D eigenvalue weighted by molar-refractivity contribution is -0.137. The molecule has 1 aliphatic carbocycles. The highest BCUT2D eigenvalue weighted by Crippen LogP contribution is 2.26. The Morgan fingerprint density at radius 1 is 1.08 bits per heavy atom. The van der Waals surface area contributed by atoms with E-state index in [0.29, 0.717) is 5.56 Å². The average Bonchev–Trinajstić information content (AvgIpc) is 2.65. The molecule has 0 aromatic heterocycles. The Bertz CT molecular complexity index is 739. The Balaban J connectivity index is 2.10. The molecule has 1 aromatic carbocycles. The van der Waals surface area contributed by atoms with Crippen molar-refractivity contribution >= 4 is 21.9 Å². The number of aliphatic carboxylic acids is 1. The van der Waals surface area contributed by atoms with Crippen LogP contribution in [0.15, 0.2) is 29.2 Å². The number of amides is 1. The first-order valence-electron chi connectivity index (χ1n) is 8.79. The van der Waals surface area contributed by atoms with E-state index in [2.05, 4.69) is 0 Å². The first kappa shape index (κ1) is 20.4. The monoisotopic (exact) mass is 382 g/mol. The summed E-state index contributed by atoms with van der Waals surface area (Å²) in [5.41, 5.74) is 0.331. The van der Waals surface area contributed by atoms with E-state index < -0.39 is 16.0 Å². The predicted molar refractivity (Wildman–Crippen MR) is 97.5 cm³/mol. The molecule has 1 aliphatic rings. The molecule has 1 fully saturated rings. The van der Waals surface area contributed by atoms with E-state index in [1.807, 2.05) is 0 Å². The summed E-state index contributed by atoms with van der Waals surface area (Å²) < 4.78 is 27.0. The maximum atomic E-state index is 12.8. The van der Waals surface area contributed by atoms with Crippen LogP contribution in [0.4, 0.5) is 0 Å². The zero-order chi connectivity index (χ0) is 19.3. The molecule has 1 amide bonds. The minimum absolute atomic E-state index is 0.0252. The van der Waals surface area contributed by atoms with Crippen molar-refractivity contribution in [3.63, 3.8) is 0 Å². The Labute approximate surface area is 154 Å². The molecule has 26 heavy (non-hydrogen) atoms. The lowest BCUT2D eigenvalue weighted by atomic mass is 9.96. The molecular formula is C18H26N2O5S. The van der Waals surface area contributed by atoms with Gasteiger partial charge in [0.2, 0.25) is 10.0 Å². The van der Waals surface area contributed by atoms with Crippen molar-refractivity contribution < 1.29 is 23.1 Å². The molecule has 1 aromatic rings. The van der Waals surface area contributed by atoms with Gasteiger partial charge in [-0.05, 0) is 37.1 Å². The molecule has 0 spiro atoms. The number of carbonyl (C=O) groups excluding carboxylic acids is 1. The summed E-state index contributed by atoms with van der Waals surface area (Å²) in [5.74, 6) is -1.31. The van der Waals surface area contributed by atoms with Crippen LogP contribution < -0.4 is 0 Å². The highest BCUT2D eigenvalue weighted by atomic mass is 32.2. The maximum absolute atomic E-state index is 12.8. The van der Waals surface area contributed by atoms with Crippen LogP contribution in [0.5, 0.6) is 0 Å². The second-order valence-corrected chi connectivity index (χ2v) is 8.71. The molecule has 8 heteroatoms. The molecule has 2 rings (SSSR count).